The van der Waals surface area contributed by atoms with Crippen LogP contribution >= 0.6 is 0 Å². The molecule has 0 aliphatic carbocycles. The first-order chi connectivity index (χ1) is 7.56. The molecule has 1 heterocycles. The predicted molar refractivity (Wildman–Crippen MR) is 64.9 cm³/mol. The van der Waals surface area contributed by atoms with Gasteiger partial charge in [0.1, 0.15) is 5.75 Å². The molecule has 0 saturated carbocycles. The highest BCUT2D eigenvalue weighted by Gasteiger charge is 2.09. The maximum absolute atomic E-state index is 9.20. The molecule has 1 rings (SSSR count). The largest absolute Gasteiger partial charge is 0.496 e. The molecule has 1 atom stereocenters. The number of hydrogen-bond acceptors (Lipinski definition) is 3. The van der Waals surface area contributed by atoms with Gasteiger partial charge in [0.15, 0.2) is 0 Å². The van der Waals surface area contributed by atoms with E-state index in [1.165, 1.54) is 0 Å². The van der Waals surface area contributed by atoms with Crippen LogP contribution in [0.3, 0.4) is 0 Å². The smallest absolute Gasteiger partial charge is 0.128 e. The molecule has 0 saturated heterocycles. The molecule has 0 amide bonds. The van der Waals surface area contributed by atoms with Crippen LogP contribution in [0.1, 0.15) is 36.6 Å². The molecule has 3 heteroatoms. The molecular weight excluding hydrogens is 202 g/mol. The van der Waals surface area contributed by atoms with Gasteiger partial charge in [-0.2, -0.15) is 0 Å². The number of aryl methyl sites for hydroxylation is 2. The molecule has 0 aliphatic rings. The van der Waals surface area contributed by atoms with E-state index in [9.17, 15) is 5.11 Å². The zero-order valence-electron chi connectivity index (χ0n) is 10.6. The summed E-state index contributed by atoms with van der Waals surface area (Å²) in [7, 11) is 1.69. The molecule has 1 aromatic rings. The fraction of sp³-hybridized carbons (Fsp3) is 0.615. The Bertz CT molecular complexity index is 348. The Hall–Kier alpha value is -1.09. The average Bonchev–Trinajstić information content (AvgIpc) is 2.22. The second-order valence-corrected chi connectivity index (χ2v) is 4.29. The number of aromatic nitrogens is 1. The number of nitrogens with zero attached hydrogens (tertiary/aromatic N) is 1. The molecule has 0 spiro atoms. The number of ether oxygens (including phenoxy) is 1. The first-order valence-corrected chi connectivity index (χ1v) is 5.73. The van der Waals surface area contributed by atoms with Gasteiger partial charge >= 0.3 is 0 Å². The summed E-state index contributed by atoms with van der Waals surface area (Å²) >= 11 is 0. The van der Waals surface area contributed by atoms with Crippen LogP contribution in [0.4, 0.5) is 0 Å². The van der Waals surface area contributed by atoms with Gasteiger partial charge < -0.3 is 9.84 Å². The first-order valence-electron chi connectivity index (χ1n) is 5.73. The van der Waals surface area contributed by atoms with Gasteiger partial charge in [-0.3, -0.25) is 4.98 Å². The number of methoxy groups -OCH3 is 1. The minimum absolute atomic E-state index is 0.229. The summed E-state index contributed by atoms with van der Waals surface area (Å²) in [6.07, 6.45) is 4.29. The normalized spacial score (nSPS) is 12.6. The van der Waals surface area contributed by atoms with E-state index in [2.05, 4.69) is 4.98 Å². The molecule has 3 nitrogen and oxygen atoms in total. The molecule has 16 heavy (non-hydrogen) atoms. The van der Waals surface area contributed by atoms with Crippen LogP contribution in [0, 0.1) is 13.8 Å². The Morgan fingerprint density at radius 1 is 1.44 bits per heavy atom. The number of hydrogen-bond donors (Lipinski definition) is 1. The fourth-order valence-corrected chi connectivity index (χ4v) is 1.89. The van der Waals surface area contributed by atoms with Gasteiger partial charge in [0.25, 0.3) is 0 Å². The summed E-state index contributed by atoms with van der Waals surface area (Å²) in [4.78, 5) is 4.42. The van der Waals surface area contributed by atoms with E-state index in [4.69, 9.17) is 4.74 Å². The molecule has 0 aromatic carbocycles. The van der Waals surface area contributed by atoms with Gasteiger partial charge in [0.05, 0.1) is 13.2 Å². The lowest BCUT2D eigenvalue weighted by Crippen LogP contribution is -2.03. The summed E-state index contributed by atoms with van der Waals surface area (Å²) in [5, 5.41) is 9.20. The molecule has 1 unspecified atom stereocenters. The summed E-state index contributed by atoms with van der Waals surface area (Å²) in [6, 6.07) is 0. The van der Waals surface area contributed by atoms with Crippen LogP contribution in [0.2, 0.25) is 0 Å². The molecule has 0 bridgehead atoms. The molecule has 1 aromatic heterocycles. The lowest BCUT2D eigenvalue weighted by atomic mass is 10.0. The Morgan fingerprint density at radius 3 is 2.69 bits per heavy atom. The summed E-state index contributed by atoms with van der Waals surface area (Å²) < 4.78 is 5.35. The number of aliphatic hydroxyl groups is 1. The van der Waals surface area contributed by atoms with E-state index < -0.39 is 0 Å². The third-order valence-corrected chi connectivity index (χ3v) is 2.79. The molecule has 0 fully saturated rings. The van der Waals surface area contributed by atoms with Crippen molar-refractivity contribution in [1.29, 1.82) is 0 Å². The minimum Gasteiger partial charge on any atom is -0.496 e. The first kappa shape index (κ1) is 13.0. The van der Waals surface area contributed by atoms with Gasteiger partial charge in [-0.15, -0.1) is 0 Å². The SMILES string of the molecule is COc1c(C)cnc(CCCC(C)O)c1C. The maximum atomic E-state index is 9.20. The van der Waals surface area contributed by atoms with Crippen molar-refractivity contribution < 1.29 is 9.84 Å². The van der Waals surface area contributed by atoms with Crippen LogP contribution in [0.5, 0.6) is 5.75 Å². The Labute approximate surface area is 97.5 Å². The van der Waals surface area contributed by atoms with E-state index in [1.54, 1.807) is 7.11 Å². The average molecular weight is 223 g/mol. The molecule has 90 valence electrons. The number of pyridine rings is 1. The Kier molecular flexibility index (Phi) is 4.74. The van der Waals surface area contributed by atoms with Crippen molar-refractivity contribution in [3.05, 3.63) is 23.0 Å². The second kappa shape index (κ2) is 5.85. The van der Waals surface area contributed by atoms with Crippen LogP contribution in [-0.2, 0) is 6.42 Å². The van der Waals surface area contributed by atoms with Crippen molar-refractivity contribution in [2.75, 3.05) is 7.11 Å². The fourth-order valence-electron chi connectivity index (χ4n) is 1.89. The van der Waals surface area contributed by atoms with E-state index >= 15 is 0 Å². The van der Waals surface area contributed by atoms with E-state index in [0.717, 1.165) is 41.8 Å². The van der Waals surface area contributed by atoms with Gasteiger partial charge in [0.2, 0.25) is 0 Å². The third kappa shape index (κ3) is 3.20. The van der Waals surface area contributed by atoms with E-state index in [0.29, 0.717) is 0 Å². The predicted octanol–water partition coefficient (Wildman–Crippen LogP) is 2.41. The highest BCUT2D eigenvalue weighted by molar-refractivity contribution is 5.41. The van der Waals surface area contributed by atoms with Crippen molar-refractivity contribution in [2.45, 2.75) is 46.1 Å². The second-order valence-electron chi connectivity index (χ2n) is 4.29. The van der Waals surface area contributed by atoms with Crippen molar-refractivity contribution in [3.63, 3.8) is 0 Å². The maximum Gasteiger partial charge on any atom is 0.128 e. The summed E-state index contributed by atoms with van der Waals surface area (Å²) in [5.74, 6) is 0.932. The zero-order valence-corrected chi connectivity index (χ0v) is 10.6. The van der Waals surface area contributed by atoms with Crippen molar-refractivity contribution >= 4 is 0 Å². The van der Waals surface area contributed by atoms with Gasteiger partial charge in [0, 0.05) is 23.0 Å². The number of rotatable bonds is 5. The molecular formula is C13H21NO2. The number of aliphatic hydroxyl groups excluding tert-OH is 1. The van der Waals surface area contributed by atoms with Gasteiger partial charge in [-0.1, -0.05) is 0 Å². The van der Waals surface area contributed by atoms with Crippen molar-refractivity contribution in [2.24, 2.45) is 0 Å². The van der Waals surface area contributed by atoms with E-state index in [1.807, 2.05) is 27.0 Å². The summed E-state index contributed by atoms with van der Waals surface area (Å²) in [6.45, 7) is 5.85. The molecule has 0 radical (unpaired) electrons. The quantitative estimate of drug-likeness (QED) is 0.833. The topological polar surface area (TPSA) is 42.4 Å². The Morgan fingerprint density at radius 2 is 2.12 bits per heavy atom. The van der Waals surface area contributed by atoms with E-state index in [-0.39, 0.29) is 6.10 Å². The van der Waals surface area contributed by atoms with Crippen LogP contribution in [0.25, 0.3) is 0 Å². The lowest BCUT2D eigenvalue weighted by molar-refractivity contribution is 0.181. The standard InChI is InChI=1S/C13H21NO2/c1-9-8-14-12(7-5-6-10(2)15)11(3)13(9)16-4/h8,10,15H,5-7H2,1-4H3. The van der Waals surface area contributed by atoms with Crippen molar-refractivity contribution in [3.8, 4) is 5.75 Å². The summed E-state index contributed by atoms with van der Waals surface area (Å²) in [5.41, 5.74) is 3.26. The minimum atomic E-state index is -0.229. The molecule has 1 N–H and O–H groups in total. The van der Waals surface area contributed by atoms with Gasteiger partial charge in [-0.25, -0.2) is 0 Å². The lowest BCUT2D eigenvalue weighted by Gasteiger charge is -2.12. The van der Waals surface area contributed by atoms with Crippen LogP contribution in [0.15, 0.2) is 6.20 Å². The zero-order chi connectivity index (χ0) is 12.1. The monoisotopic (exact) mass is 223 g/mol. The third-order valence-electron chi connectivity index (χ3n) is 2.79. The van der Waals surface area contributed by atoms with Crippen molar-refractivity contribution in [1.82, 2.24) is 4.98 Å². The highest BCUT2D eigenvalue weighted by atomic mass is 16.5. The van der Waals surface area contributed by atoms with Crippen LogP contribution < -0.4 is 4.74 Å². The Balaban J connectivity index is 2.74. The van der Waals surface area contributed by atoms with Gasteiger partial charge in [-0.05, 0) is 40.0 Å². The molecule has 0 aliphatic heterocycles. The van der Waals surface area contributed by atoms with Crippen LogP contribution in [-0.4, -0.2) is 23.3 Å². The highest BCUT2D eigenvalue weighted by Crippen LogP contribution is 2.24.